The number of carbonyl (C=O) groups is 1. The van der Waals surface area contributed by atoms with Crippen LogP contribution in [-0.4, -0.2) is 27.6 Å². The summed E-state index contributed by atoms with van der Waals surface area (Å²) in [5, 5.41) is 15.2. The van der Waals surface area contributed by atoms with Gasteiger partial charge in [-0.05, 0) is 25.3 Å². The monoisotopic (exact) mass is 355 g/mol. The van der Waals surface area contributed by atoms with E-state index in [1.807, 2.05) is 0 Å². The molecule has 6 heteroatoms. The van der Waals surface area contributed by atoms with Crippen molar-refractivity contribution in [1.82, 2.24) is 9.97 Å². The van der Waals surface area contributed by atoms with Gasteiger partial charge in [0.15, 0.2) is 0 Å². The summed E-state index contributed by atoms with van der Waals surface area (Å²) in [5.74, 6) is 0.117. The highest BCUT2D eigenvalue weighted by atomic mass is 32.1. The van der Waals surface area contributed by atoms with Crippen LogP contribution in [0.5, 0.6) is 0 Å². The highest BCUT2D eigenvalue weighted by Gasteiger charge is 2.12. The van der Waals surface area contributed by atoms with Gasteiger partial charge < -0.3 is 10.4 Å². The lowest BCUT2D eigenvalue weighted by Gasteiger charge is -2.08. The molecule has 3 aromatic rings. The molecule has 2 heterocycles. The van der Waals surface area contributed by atoms with E-state index in [-0.39, 0.29) is 6.42 Å². The molecule has 1 aromatic carbocycles. The van der Waals surface area contributed by atoms with Crippen molar-refractivity contribution in [3.8, 4) is 11.1 Å². The van der Waals surface area contributed by atoms with Gasteiger partial charge in [0.1, 0.15) is 17.0 Å². The van der Waals surface area contributed by atoms with Crippen molar-refractivity contribution in [2.75, 3.05) is 11.9 Å². The first-order chi connectivity index (χ1) is 12.1. The molecule has 5 nitrogen and oxygen atoms in total. The molecule has 0 aliphatic heterocycles. The number of anilines is 1. The third-order valence-corrected chi connectivity index (χ3v) is 4.98. The summed E-state index contributed by atoms with van der Waals surface area (Å²) in [7, 11) is 0. The number of benzene rings is 1. The zero-order valence-electron chi connectivity index (χ0n) is 14.2. The summed E-state index contributed by atoms with van der Waals surface area (Å²) in [5.41, 5.74) is 3.55. The molecule has 25 heavy (non-hydrogen) atoms. The van der Waals surface area contributed by atoms with Gasteiger partial charge in [0.05, 0.1) is 5.39 Å². The normalized spacial score (nSPS) is 10.9. The van der Waals surface area contributed by atoms with Crippen molar-refractivity contribution in [3.05, 3.63) is 41.5 Å². The molecule has 2 aromatic heterocycles. The highest BCUT2D eigenvalue weighted by Crippen LogP contribution is 2.36. The molecule has 0 aliphatic rings. The third kappa shape index (κ3) is 4.33. The van der Waals surface area contributed by atoms with Crippen LogP contribution >= 0.6 is 11.3 Å². The number of nitrogens with zero attached hydrogens (tertiary/aromatic N) is 2. The average molecular weight is 355 g/mol. The van der Waals surface area contributed by atoms with E-state index in [0.29, 0.717) is 6.42 Å². The van der Waals surface area contributed by atoms with Gasteiger partial charge in [0.25, 0.3) is 0 Å². The van der Waals surface area contributed by atoms with E-state index < -0.39 is 5.97 Å². The van der Waals surface area contributed by atoms with Crippen molar-refractivity contribution >= 4 is 33.3 Å². The Morgan fingerprint density at radius 2 is 1.96 bits per heavy atom. The molecule has 0 saturated heterocycles. The van der Waals surface area contributed by atoms with Gasteiger partial charge in [0, 0.05) is 23.9 Å². The molecule has 3 rings (SSSR count). The summed E-state index contributed by atoms with van der Waals surface area (Å²) in [6, 6.07) is 8.47. The number of unbranched alkanes of at least 4 members (excludes halogenated alkanes) is 2. The summed E-state index contributed by atoms with van der Waals surface area (Å²) in [6.45, 7) is 2.85. The first-order valence-corrected chi connectivity index (χ1v) is 9.28. The minimum absolute atomic E-state index is 0.236. The Balaban J connectivity index is 1.73. The number of aromatic nitrogens is 2. The molecular formula is C19H21N3O2S. The molecule has 0 fully saturated rings. The van der Waals surface area contributed by atoms with E-state index in [2.05, 4.69) is 51.9 Å². The fourth-order valence-corrected chi connectivity index (χ4v) is 3.66. The summed E-state index contributed by atoms with van der Waals surface area (Å²) in [6.07, 6.45) is 4.35. The van der Waals surface area contributed by atoms with E-state index >= 15 is 0 Å². The van der Waals surface area contributed by atoms with Gasteiger partial charge >= 0.3 is 5.97 Å². The molecule has 0 spiro atoms. The van der Waals surface area contributed by atoms with Crippen molar-refractivity contribution in [2.45, 2.75) is 32.6 Å². The third-order valence-electron chi connectivity index (χ3n) is 4.09. The number of hydrogen-bond acceptors (Lipinski definition) is 5. The molecule has 0 amide bonds. The van der Waals surface area contributed by atoms with Crippen LogP contribution in [0.15, 0.2) is 36.0 Å². The molecule has 0 atom stereocenters. The first kappa shape index (κ1) is 17.4. The molecule has 0 aliphatic carbocycles. The van der Waals surface area contributed by atoms with Crippen LogP contribution in [0.2, 0.25) is 0 Å². The maximum Gasteiger partial charge on any atom is 0.303 e. The number of hydrogen-bond donors (Lipinski definition) is 2. The highest BCUT2D eigenvalue weighted by molar-refractivity contribution is 7.17. The molecule has 0 radical (unpaired) electrons. The number of thiophene rings is 1. The van der Waals surface area contributed by atoms with E-state index in [4.69, 9.17) is 5.11 Å². The van der Waals surface area contributed by atoms with Gasteiger partial charge in [-0.2, -0.15) is 0 Å². The zero-order chi connectivity index (χ0) is 17.6. The molecular weight excluding hydrogens is 334 g/mol. The second kappa shape index (κ2) is 8.07. The predicted molar refractivity (Wildman–Crippen MR) is 102 cm³/mol. The Morgan fingerprint density at radius 1 is 1.16 bits per heavy atom. The summed E-state index contributed by atoms with van der Waals surface area (Å²) >= 11 is 1.62. The first-order valence-electron chi connectivity index (χ1n) is 8.40. The van der Waals surface area contributed by atoms with Crippen molar-refractivity contribution in [3.63, 3.8) is 0 Å². The van der Waals surface area contributed by atoms with Gasteiger partial charge in [-0.1, -0.05) is 36.2 Å². The second-order valence-corrected chi connectivity index (χ2v) is 6.91. The summed E-state index contributed by atoms with van der Waals surface area (Å²) in [4.78, 5) is 20.3. The molecule has 2 N–H and O–H groups in total. The van der Waals surface area contributed by atoms with Crippen molar-refractivity contribution in [1.29, 1.82) is 0 Å². The number of aryl methyl sites for hydroxylation is 1. The Labute approximate surface area is 150 Å². The largest absolute Gasteiger partial charge is 0.481 e. The number of fused-ring (bicyclic) bond motifs is 1. The van der Waals surface area contributed by atoms with Crippen LogP contribution < -0.4 is 5.32 Å². The van der Waals surface area contributed by atoms with Crippen LogP contribution in [0.4, 0.5) is 5.82 Å². The number of aliphatic carboxylic acids is 1. The van der Waals surface area contributed by atoms with E-state index in [9.17, 15) is 4.79 Å². The maximum atomic E-state index is 10.5. The van der Waals surface area contributed by atoms with Crippen LogP contribution in [-0.2, 0) is 4.79 Å². The second-order valence-electron chi connectivity index (χ2n) is 6.05. The lowest BCUT2D eigenvalue weighted by molar-refractivity contribution is -0.137. The van der Waals surface area contributed by atoms with Crippen LogP contribution in [0.25, 0.3) is 21.3 Å². The Bertz CT molecular complexity index is 859. The Kier molecular flexibility index (Phi) is 5.60. The molecule has 0 unspecified atom stereocenters. The fourth-order valence-electron chi connectivity index (χ4n) is 2.74. The van der Waals surface area contributed by atoms with E-state index in [0.717, 1.165) is 46.5 Å². The average Bonchev–Trinajstić information content (AvgIpc) is 3.03. The number of nitrogens with one attached hydrogen (secondary N) is 1. The maximum absolute atomic E-state index is 10.5. The number of rotatable bonds is 8. The fraction of sp³-hybridized carbons (Fsp3) is 0.316. The molecule has 0 bridgehead atoms. The number of carboxylic acids is 1. The minimum atomic E-state index is -0.730. The summed E-state index contributed by atoms with van der Waals surface area (Å²) < 4.78 is 0. The van der Waals surface area contributed by atoms with Gasteiger partial charge in [-0.25, -0.2) is 9.97 Å². The van der Waals surface area contributed by atoms with Crippen LogP contribution in [0.1, 0.15) is 31.2 Å². The van der Waals surface area contributed by atoms with E-state index in [1.54, 1.807) is 17.7 Å². The standard InChI is InChI=1S/C19H21N3O2S/c1-13-6-8-14(9-7-13)15-11-25-19-17(15)18(21-12-22-19)20-10-4-2-3-5-16(23)24/h6-9,11-12H,2-5,10H2,1H3,(H,23,24)(H,20,21,22). The number of carboxylic acid groups (broad SMARTS) is 1. The van der Waals surface area contributed by atoms with Gasteiger partial charge in [0.2, 0.25) is 0 Å². The molecule has 0 saturated carbocycles. The van der Waals surface area contributed by atoms with Gasteiger partial charge in [-0.3, -0.25) is 4.79 Å². The Hall–Kier alpha value is -2.47. The zero-order valence-corrected chi connectivity index (χ0v) is 15.0. The minimum Gasteiger partial charge on any atom is -0.481 e. The molecule has 130 valence electrons. The lowest BCUT2D eigenvalue weighted by Crippen LogP contribution is -2.04. The van der Waals surface area contributed by atoms with Gasteiger partial charge in [-0.15, -0.1) is 11.3 Å². The van der Waals surface area contributed by atoms with Crippen molar-refractivity contribution < 1.29 is 9.90 Å². The van der Waals surface area contributed by atoms with Crippen LogP contribution in [0, 0.1) is 6.92 Å². The smallest absolute Gasteiger partial charge is 0.303 e. The SMILES string of the molecule is Cc1ccc(-c2csc3ncnc(NCCCCCC(=O)O)c23)cc1. The lowest BCUT2D eigenvalue weighted by atomic mass is 10.0. The van der Waals surface area contributed by atoms with E-state index in [1.165, 1.54) is 5.56 Å². The van der Waals surface area contributed by atoms with Crippen molar-refractivity contribution in [2.24, 2.45) is 0 Å². The predicted octanol–water partition coefficient (Wildman–Crippen LogP) is 4.72. The quantitative estimate of drug-likeness (QED) is 0.572. The Morgan fingerprint density at radius 3 is 2.72 bits per heavy atom. The topological polar surface area (TPSA) is 75.1 Å². The van der Waals surface area contributed by atoms with Crippen LogP contribution in [0.3, 0.4) is 0 Å².